The highest BCUT2D eigenvalue weighted by atomic mass is 32.2. The number of rotatable bonds is 9. The third-order valence-corrected chi connectivity index (χ3v) is 7.59. The van der Waals surface area contributed by atoms with Gasteiger partial charge in [-0.05, 0) is 69.0 Å². The Hall–Kier alpha value is -2.91. The number of sulfonamides is 1. The molecule has 2 amide bonds. The van der Waals surface area contributed by atoms with E-state index in [-0.39, 0.29) is 29.2 Å². The van der Waals surface area contributed by atoms with Crippen molar-refractivity contribution in [2.45, 2.75) is 56.9 Å². The first-order chi connectivity index (χ1) is 16.2. The predicted octanol–water partition coefficient (Wildman–Crippen LogP) is 3.58. The molecule has 2 N–H and O–H groups in total. The highest BCUT2D eigenvalue weighted by Gasteiger charge is 2.26. The van der Waals surface area contributed by atoms with Crippen LogP contribution >= 0.6 is 0 Å². The van der Waals surface area contributed by atoms with E-state index in [1.807, 2.05) is 13.8 Å². The lowest BCUT2D eigenvalue weighted by atomic mass is 10.1. The SMILES string of the molecule is COc1ccc(S(=O)(=O)N2CCCCC2)cc1CCC(=O)Nc1ccccc1C(=O)NC(C)C. The summed E-state index contributed by atoms with van der Waals surface area (Å²) in [5.41, 5.74) is 1.46. The fourth-order valence-corrected chi connectivity index (χ4v) is 5.52. The summed E-state index contributed by atoms with van der Waals surface area (Å²) in [5, 5.41) is 5.63. The van der Waals surface area contributed by atoms with Gasteiger partial charge >= 0.3 is 0 Å². The van der Waals surface area contributed by atoms with Crippen molar-refractivity contribution in [3.63, 3.8) is 0 Å². The zero-order valence-electron chi connectivity index (χ0n) is 20.0. The number of para-hydroxylation sites is 1. The molecule has 0 saturated carbocycles. The van der Waals surface area contributed by atoms with Crippen LogP contribution in [0.25, 0.3) is 0 Å². The summed E-state index contributed by atoms with van der Waals surface area (Å²) in [6.45, 7) is 4.78. The molecule has 0 aliphatic carbocycles. The Morgan fingerprint density at radius 2 is 1.76 bits per heavy atom. The standard InChI is InChI=1S/C25H33N3O5S/c1-18(2)26-25(30)21-9-5-6-10-22(21)27-24(29)14-11-19-17-20(12-13-23(19)33-3)34(31,32)28-15-7-4-8-16-28/h5-6,9-10,12-13,17-18H,4,7-8,11,14-16H2,1-3H3,(H,26,30)(H,27,29). The van der Waals surface area contributed by atoms with Crippen LogP contribution in [0.4, 0.5) is 5.69 Å². The van der Waals surface area contributed by atoms with E-state index in [9.17, 15) is 18.0 Å². The quantitative estimate of drug-likeness (QED) is 0.563. The third-order valence-electron chi connectivity index (χ3n) is 5.69. The molecule has 1 saturated heterocycles. The first-order valence-corrected chi connectivity index (χ1v) is 13.0. The molecule has 9 heteroatoms. The number of hydrogen-bond donors (Lipinski definition) is 2. The third kappa shape index (κ3) is 6.36. The van der Waals surface area contributed by atoms with Crippen molar-refractivity contribution in [2.75, 3.05) is 25.5 Å². The van der Waals surface area contributed by atoms with Crippen molar-refractivity contribution in [1.82, 2.24) is 9.62 Å². The molecule has 2 aromatic carbocycles. The Morgan fingerprint density at radius 1 is 1.06 bits per heavy atom. The maximum Gasteiger partial charge on any atom is 0.253 e. The minimum Gasteiger partial charge on any atom is -0.496 e. The second-order valence-electron chi connectivity index (χ2n) is 8.66. The van der Waals surface area contributed by atoms with Crippen LogP contribution in [0.2, 0.25) is 0 Å². The molecule has 34 heavy (non-hydrogen) atoms. The van der Waals surface area contributed by atoms with Gasteiger partial charge in [0.25, 0.3) is 5.91 Å². The largest absolute Gasteiger partial charge is 0.496 e. The summed E-state index contributed by atoms with van der Waals surface area (Å²) in [6, 6.07) is 11.6. The summed E-state index contributed by atoms with van der Waals surface area (Å²) in [4.78, 5) is 25.4. The zero-order chi connectivity index (χ0) is 24.7. The van der Waals surface area contributed by atoms with E-state index >= 15 is 0 Å². The fraction of sp³-hybridized carbons (Fsp3) is 0.440. The number of methoxy groups -OCH3 is 1. The number of carbonyl (C=O) groups is 2. The molecule has 0 unspecified atom stereocenters. The van der Waals surface area contributed by atoms with Crippen molar-refractivity contribution < 1.29 is 22.7 Å². The zero-order valence-corrected chi connectivity index (χ0v) is 20.8. The Morgan fingerprint density at radius 3 is 2.44 bits per heavy atom. The summed E-state index contributed by atoms with van der Waals surface area (Å²) in [7, 11) is -2.07. The first kappa shape index (κ1) is 25.7. The van der Waals surface area contributed by atoms with Gasteiger partial charge in [0.1, 0.15) is 5.75 Å². The van der Waals surface area contributed by atoms with Crippen LogP contribution in [-0.4, -0.2) is 50.8 Å². The van der Waals surface area contributed by atoms with Gasteiger partial charge in [0.15, 0.2) is 0 Å². The minimum absolute atomic E-state index is 0.0304. The molecule has 0 radical (unpaired) electrons. The van der Waals surface area contributed by atoms with Gasteiger partial charge in [-0.15, -0.1) is 0 Å². The van der Waals surface area contributed by atoms with Crippen molar-refractivity contribution in [1.29, 1.82) is 0 Å². The molecule has 0 spiro atoms. The second kappa shape index (κ2) is 11.5. The van der Waals surface area contributed by atoms with Crippen LogP contribution in [0.15, 0.2) is 47.4 Å². The number of carbonyl (C=O) groups excluding carboxylic acids is 2. The first-order valence-electron chi connectivity index (χ1n) is 11.6. The van der Waals surface area contributed by atoms with Crippen LogP contribution in [0.5, 0.6) is 5.75 Å². The van der Waals surface area contributed by atoms with Crippen molar-refractivity contribution in [3.8, 4) is 5.75 Å². The molecule has 0 bridgehead atoms. The highest BCUT2D eigenvalue weighted by molar-refractivity contribution is 7.89. The van der Waals surface area contributed by atoms with E-state index in [2.05, 4.69) is 10.6 Å². The Bertz CT molecular complexity index is 1130. The summed E-state index contributed by atoms with van der Waals surface area (Å²) in [5.74, 6) is -0.0126. The number of benzene rings is 2. The van der Waals surface area contributed by atoms with Gasteiger partial charge in [0, 0.05) is 25.6 Å². The van der Waals surface area contributed by atoms with E-state index < -0.39 is 10.0 Å². The molecule has 1 heterocycles. The molecule has 1 aliphatic rings. The molecular weight excluding hydrogens is 454 g/mol. The van der Waals surface area contributed by atoms with Crippen LogP contribution < -0.4 is 15.4 Å². The molecular formula is C25H33N3O5S. The van der Waals surface area contributed by atoms with Crippen LogP contribution in [0.3, 0.4) is 0 Å². The second-order valence-corrected chi connectivity index (χ2v) is 10.6. The molecule has 2 aromatic rings. The number of anilines is 1. The summed E-state index contributed by atoms with van der Waals surface area (Å²) >= 11 is 0. The Labute approximate surface area is 201 Å². The predicted molar refractivity (Wildman–Crippen MR) is 132 cm³/mol. The normalized spacial score (nSPS) is 14.6. The lowest BCUT2D eigenvalue weighted by molar-refractivity contribution is -0.116. The van der Waals surface area contributed by atoms with E-state index in [0.29, 0.717) is 42.1 Å². The smallest absolute Gasteiger partial charge is 0.253 e. The van der Waals surface area contributed by atoms with Gasteiger partial charge in [0.05, 0.1) is 23.3 Å². The molecule has 0 atom stereocenters. The van der Waals surface area contributed by atoms with Gasteiger partial charge in [-0.1, -0.05) is 18.6 Å². The van der Waals surface area contributed by atoms with E-state index in [4.69, 9.17) is 4.74 Å². The molecule has 3 rings (SSSR count). The van der Waals surface area contributed by atoms with Crippen LogP contribution in [0, 0.1) is 0 Å². The summed E-state index contributed by atoms with van der Waals surface area (Å²) in [6.07, 6.45) is 3.15. The maximum absolute atomic E-state index is 13.1. The number of hydrogen-bond acceptors (Lipinski definition) is 5. The van der Waals surface area contributed by atoms with E-state index in [1.54, 1.807) is 42.5 Å². The number of aryl methyl sites for hydroxylation is 1. The monoisotopic (exact) mass is 487 g/mol. The average molecular weight is 488 g/mol. The molecule has 1 aliphatic heterocycles. The van der Waals surface area contributed by atoms with Crippen LogP contribution in [0.1, 0.15) is 55.5 Å². The van der Waals surface area contributed by atoms with Gasteiger partial charge in [0.2, 0.25) is 15.9 Å². The van der Waals surface area contributed by atoms with Gasteiger partial charge < -0.3 is 15.4 Å². The van der Waals surface area contributed by atoms with Crippen molar-refractivity contribution in [3.05, 3.63) is 53.6 Å². The average Bonchev–Trinajstić information content (AvgIpc) is 2.83. The Balaban J connectivity index is 1.72. The van der Waals surface area contributed by atoms with Crippen molar-refractivity contribution in [2.24, 2.45) is 0 Å². The maximum atomic E-state index is 13.1. The lowest BCUT2D eigenvalue weighted by Gasteiger charge is -2.26. The van der Waals surface area contributed by atoms with Crippen LogP contribution in [-0.2, 0) is 21.2 Å². The van der Waals surface area contributed by atoms with E-state index in [0.717, 1.165) is 19.3 Å². The number of ether oxygens (including phenoxy) is 1. The number of amides is 2. The number of nitrogens with zero attached hydrogens (tertiary/aromatic N) is 1. The Kier molecular flexibility index (Phi) is 8.68. The molecule has 184 valence electrons. The van der Waals surface area contributed by atoms with Crippen molar-refractivity contribution >= 4 is 27.5 Å². The fourth-order valence-electron chi connectivity index (χ4n) is 3.96. The minimum atomic E-state index is -3.59. The summed E-state index contributed by atoms with van der Waals surface area (Å²) < 4.78 is 33.1. The van der Waals surface area contributed by atoms with Gasteiger partial charge in [-0.2, -0.15) is 4.31 Å². The topological polar surface area (TPSA) is 105 Å². The molecule has 1 fully saturated rings. The number of nitrogens with one attached hydrogen (secondary N) is 2. The van der Waals surface area contributed by atoms with E-state index in [1.165, 1.54) is 11.4 Å². The number of piperidine rings is 1. The van der Waals surface area contributed by atoms with Gasteiger partial charge in [-0.25, -0.2) is 8.42 Å². The highest BCUT2D eigenvalue weighted by Crippen LogP contribution is 2.27. The van der Waals surface area contributed by atoms with Gasteiger partial charge in [-0.3, -0.25) is 9.59 Å². The molecule has 8 nitrogen and oxygen atoms in total. The molecule has 0 aromatic heterocycles. The lowest BCUT2D eigenvalue weighted by Crippen LogP contribution is -2.35.